The van der Waals surface area contributed by atoms with Crippen LogP contribution in [0.3, 0.4) is 0 Å². The van der Waals surface area contributed by atoms with E-state index in [1.54, 1.807) is 5.56 Å². The third-order valence-corrected chi connectivity index (χ3v) is 6.95. The molecule has 1 saturated heterocycles. The lowest BCUT2D eigenvalue weighted by Crippen LogP contribution is -2.31. The number of benzene rings is 1. The maximum Gasteiger partial charge on any atom is 0.219 e. The van der Waals surface area contributed by atoms with Gasteiger partial charge in [0.05, 0.1) is 0 Å². The van der Waals surface area contributed by atoms with E-state index in [2.05, 4.69) is 38.1 Å². The predicted octanol–water partition coefficient (Wildman–Crippen LogP) is 5.00. The first kappa shape index (κ1) is 14.8. The third-order valence-electron chi connectivity index (χ3n) is 4.15. The Bertz CT molecular complexity index is 371. The zero-order valence-electron chi connectivity index (χ0n) is 12.5. The summed E-state index contributed by atoms with van der Waals surface area (Å²) in [6, 6.07) is 10.3. The van der Waals surface area contributed by atoms with Gasteiger partial charge in [-0.3, -0.25) is 0 Å². The average molecular weight is 275 g/mol. The van der Waals surface area contributed by atoms with Crippen LogP contribution >= 0.6 is 0 Å². The molecule has 1 radical (unpaired) electrons. The number of hydrogen-bond donors (Lipinski definition) is 0. The third kappa shape index (κ3) is 4.18. The summed E-state index contributed by atoms with van der Waals surface area (Å²) in [5.74, 6) is 0. The highest BCUT2D eigenvalue weighted by Gasteiger charge is 2.29. The highest BCUT2D eigenvalue weighted by Crippen LogP contribution is 2.32. The van der Waals surface area contributed by atoms with Gasteiger partial charge < -0.3 is 4.43 Å². The molecule has 2 heteroatoms. The molecule has 1 atom stereocenters. The van der Waals surface area contributed by atoms with Gasteiger partial charge in [-0.15, -0.1) is 0 Å². The smallest absolute Gasteiger partial charge is 0.219 e. The van der Waals surface area contributed by atoms with Crippen molar-refractivity contribution in [1.29, 1.82) is 0 Å². The van der Waals surface area contributed by atoms with Crippen molar-refractivity contribution in [3.05, 3.63) is 35.4 Å². The Morgan fingerprint density at radius 1 is 1.21 bits per heavy atom. The SMILES string of the molecule is CCCCCC(c1ccccc1C)[Si]1CCCCO1. The number of unbranched alkanes of at least 4 members (excludes halogenated alkanes) is 2. The standard InChI is InChI=1S/C17H27OSi/c1-3-4-5-12-17(19-14-9-8-13-18-19)16-11-7-6-10-15(16)2/h6-7,10-11,17H,3-5,8-9,12-14H2,1-2H3. The van der Waals surface area contributed by atoms with Crippen molar-refractivity contribution >= 4 is 9.04 Å². The van der Waals surface area contributed by atoms with Crippen molar-refractivity contribution in [3.8, 4) is 0 Å². The van der Waals surface area contributed by atoms with Gasteiger partial charge in [-0.25, -0.2) is 0 Å². The molecule has 2 rings (SSSR count). The van der Waals surface area contributed by atoms with Crippen molar-refractivity contribution < 1.29 is 4.43 Å². The monoisotopic (exact) mass is 275 g/mol. The highest BCUT2D eigenvalue weighted by molar-refractivity contribution is 6.54. The second kappa shape index (κ2) is 7.86. The van der Waals surface area contributed by atoms with Crippen LogP contribution in [0.1, 0.15) is 62.1 Å². The van der Waals surface area contributed by atoms with E-state index in [0.29, 0.717) is 5.54 Å². The minimum absolute atomic E-state index is 0.641. The van der Waals surface area contributed by atoms with Crippen molar-refractivity contribution in [2.24, 2.45) is 0 Å². The lowest BCUT2D eigenvalue weighted by molar-refractivity contribution is 0.278. The Hall–Kier alpha value is -0.603. The lowest BCUT2D eigenvalue weighted by atomic mass is 10.0. The zero-order chi connectivity index (χ0) is 13.5. The predicted molar refractivity (Wildman–Crippen MR) is 83.8 cm³/mol. The van der Waals surface area contributed by atoms with E-state index in [9.17, 15) is 0 Å². The topological polar surface area (TPSA) is 9.23 Å². The normalized spacial score (nSPS) is 18.4. The maximum atomic E-state index is 6.18. The fourth-order valence-corrected chi connectivity index (χ4v) is 5.91. The van der Waals surface area contributed by atoms with Gasteiger partial charge in [-0.1, -0.05) is 56.9 Å². The van der Waals surface area contributed by atoms with Crippen LogP contribution in [0.2, 0.25) is 6.04 Å². The van der Waals surface area contributed by atoms with Crippen LogP contribution in [0, 0.1) is 6.92 Å². The molecule has 1 unspecified atom stereocenters. The Morgan fingerprint density at radius 3 is 2.74 bits per heavy atom. The van der Waals surface area contributed by atoms with E-state index in [-0.39, 0.29) is 0 Å². The largest absolute Gasteiger partial charge is 0.416 e. The second-order valence-electron chi connectivity index (χ2n) is 5.68. The first-order chi connectivity index (χ1) is 9.33. The summed E-state index contributed by atoms with van der Waals surface area (Å²) in [5, 5.41) is 0. The molecular weight excluding hydrogens is 248 g/mol. The summed E-state index contributed by atoms with van der Waals surface area (Å²) in [4.78, 5) is 0. The quantitative estimate of drug-likeness (QED) is 0.524. The molecule has 1 fully saturated rings. The molecule has 0 saturated carbocycles. The fourth-order valence-electron chi connectivity index (χ4n) is 3.02. The van der Waals surface area contributed by atoms with E-state index < -0.39 is 9.04 Å². The second-order valence-corrected chi connectivity index (χ2v) is 8.10. The van der Waals surface area contributed by atoms with Crippen LogP contribution in [-0.4, -0.2) is 15.6 Å². The molecule has 0 bridgehead atoms. The Morgan fingerprint density at radius 2 is 2.05 bits per heavy atom. The molecule has 0 N–H and O–H groups in total. The lowest BCUT2D eigenvalue weighted by Gasteiger charge is -2.29. The fraction of sp³-hybridized carbons (Fsp3) is 0.647. The summed E-state index contributed by atoms with van der Waals surface area (Å²) in [6.45, 7) is 5.55. The molecule has 0 aliphatic carbocycles. The maximum absolute atomic E-state index is 6.18. The van der Waals surface area contributed by atoms with Gasteiger partial charge in [0.2, 0.25) is 9.04 Å². The van der Waals surface area contributed by atoms with E-state index in [4.69, 9.17) is 4.43 Å². The van der Waals surface area contributed by atoms with Gasteiger partial charge >= 0.3 is 0 Å². The van der Waals surface area contributed by atoms with Crippen molar-refractivity contribution in [2.45, 2.75) is 64.0 Å². The number of hydrogen-bond acceptors (Lipinski definition) is 1. The van der Waals surface area contributed by atoms with Crippen LogP contribution < -0.4 is 0 Å². The van der Waals surface area contributed by atoms with Crippen LogP contribution in [-0.2, 0) is 4.43 Å². The minimum Gasteiger partial charge on any atom is -0.416 e. The van der Waals surface area contributed by atoms with E-state index in [1.807, 2.05) is 0 Å². The number of rotatable bonds is 6. The van der Waals surface area contributed by atoms with Crippen LogP contribution in [0.5, 0.6) is 0 Å². The molecule has 1 aromatic rings. The van der Waals surface area contributed by atoms with Crippen LogP contribution in [0.15, 0.2) is 24.3 Å². The molecule has 0 spiro atoms. The summed E-state index contributed by atoms with van der Waals surface area (Å²) < 4.78 is 6.18. The Labute approximate surface area is 120 Å². The molecule has 1 aliphatic rings. The molecule has 1 heterocycles. The Kier molecular flexibility index (Phi) is 6.12. The van der Waals surface area contributed by atoms with Gasteiger partial charge in [0.15, 0.2) is 0 Å². The molecule has 0 amide bonds. The average Bonchev–Trinajstić information content (AvgIpc) is 2.46. The molecule has 0 aromatic heterocycles. The zero-order valence-corrected chi connectivity index (χ0v) is 13.5. The molecule has 1 aliphatic heterocycles. The van der Waals surface area contributed by atoms with Gasteiger partial charge in [0.25, 0.3) is 0 Å². The van der Waals surface area contributed by atoms with Crippen LogP contribution in [0.4, 0.5) is 0 Å². The first-order valence-corrected chi connectivity index (χ1v) is 9.56. The molecule has 1 aromatic carbocycles. The number of aryl methyl sites for hydroxylation is 1. The summed E-state index contributed by atoms with van der Waals surface area (Å²) in [6.07, 6.45) is 8.00. The first-order valence-electron chi connectivity index (χ1n) is 7.87. The van der Waals surface area contributed by atoms with Crippen molar-refractivity contribution in [1.82, 2.24) is 0 Å². The van der Waals surface area contributed by atoms with Gasteiger partial charge in [-0.2, -0.15) is 0 Å². The Balaban J connectivity index is 2.10. The van der Waals surface area contributed by atoms with Gasteiger partial charge in [0, 0.05) is 12.1 Å². The molecule has 1 nitrogen and oxygen atoms in total. The molecular formula is C17H27OSi. The summed E-state index contributed by atoms with van der Waals surface area (Å²) in [5.41, 5.74) is 3.73. The molecule has 19 heavy (non-hydrogen) atoms. The van der Waals surface area contributed by atoms with E-state index in [1.165, 1.54) is 50.1 Å². The van der Waals surface area contributed by atoms with Crippen LogP contribution in [0.25, 0.3) is 0 Å². The molecule has 105 valence electrons. The van der Waals surface area contributed by atoms with E-state index in [0.717, 1.165) is 6.61 Å². The van der Waals surface area contributed by atoms with E-state index >= 15 is 0 Å². The van der Waals surface area contributed by atoms with Crippen molar-refractivity contribution in [2.75, 3.05) is 6.61 Å². The highest BCUT2D eigenvalue weighted by atomic mass is 28.3. The summed E-state index contributed by atoms with van der Waals surface area (Å²) >= 11 is 0. The summed E-state index contributed by atoms with van der Waals surface area (Å²) in [7, 11) is -0.641. The van der Waals surface area contributed by atoms with Crippen molar-refractivity contribution in [3.63, 3.8) is 0 Å². The van der Waals surface area contributed by atoms with Gasteiger partial charge in [-0.05, 0) is 36.9 Å². The van der Waals surface area contributed by atoms with Gasteiger partial charge in [0.1, 0.15) is 0 Å². The minimum atomic E-state index is -0.641.